The minimum atomic E-state index is -1.26. The normalized spacial score (nSPS) is 13.7. The highest BCUT2D eigenvalue weighted by molar-refractivity contribution is 7.99. The SMILES string of the molecule is CN1CCC(=C2c3ccccc3Sc3ccccc32)CC1.COc1cc(O)c(C(=O)C=Cc2ccccc2)c(OC)c1.O=C(O)C=CC(=O)O. The molecule has 10 heteroatoms. The Kier molecular flexibility index (Phi) is 13.6. The zero-order chi connectivity index (χ0) is 36.0. The minimum Gasteiger partial charge on any atom is -0.507 e. The summed E-state index contributed by atoms with van der Waals surface area (Å²) in [6.45, 7) is 2.35. The number of allylic oxidation sites excluding steroid dienone is 1. The molecular weight excluding hydrogens is 655 g/mol. The van der Waals surface area contributed by atoms with Crippen molar-refractivity contribution in [3.05, 3.63) is 137 Å². The number of fused-ring (bicyclic) bond motifs is 2. The number of carboxylic acids is 2. The molecule has 2 aliphatic heterocycles. The van der Waals surface area contributed by atoms with Crippen LogP contribution in [0.1, 0.15) is 39.9 Å². The number of carbonyl (C=O) groups excluding carboxylic acids is 1. The lowest BCUT2D eigenvalue weighted by atomic mass is 9.88. The molecule has 4 aromatic carbocycles. The molecule has 0 radical (unpaired) electrons. The van der Waals surface area contributed by atoms with Crippen LogP contribution in [0.3, 0.4) is 0 Å². The number of likely N-dealkylation sites (tertiary alicyclic amines) is 1. The Balaban J connectivity index is 0.000000186. The summed E-state index contributed by atoms with van der Waals surface area (Å²) in [6, 6.07) is 30.1. The van der Waals surface area contributed by atoms with Gasteiger partial charge in [0, 0.05) is 47.2 Å². The van der Waals surface area contributed by atoms with Gasteiger partial charge in [-0.1, -0.05) is 90.1 Å². The van der Waals surface area contributed by atoms with Gasteiger partial charge in [-0.2, -0.15) is 0 Å². The summed E-state index contributed by atoms with van der Waals surface area (Å²) in [4.78, 5) is 36.6. The molecule has 3 N–H and O–H groups in total. The topological polar surface area (TPSA) is 134 Å². The number of carboxylic acid groups (broad SMARTS) is 2. The van der Waals surface area contributed by atoms with E-state index in [1.165, 1.54) is 78.8 Å². The molecule has 1 fully saturated rings. The number of piperidine rings is 1. The molecule has 4 aromatic rings. The van der Waals surface area contributed by atoms with E-state index in [1.54, 1.807) is 17.7 Å². The second kappa shape index (κ2) is 18.3. The van der Waals surface area contributed by atoms with E-state index in [4.69, 9.17) is 19.7 Å². The average Bonchev–Trinajstić information content (AvgIpc) is 3.13. The van der Waals surface area contributed by atoms with Gasteiger partial charge in [0.25, 0.3) is 0 Å². The fourth-order valence-electron chi connectivity index (χ4n) is 5.37. The lowest BCUT2D eigenvalue weighted by molar-refractivity contribution is -0.134. The molecule has 258 valence electrons. The maximum atomic E-state index is 12.3. The zero-order valence-corrected chi connectivity index (χ0v) is 28.9. The Morgan fingerprint density at radius 1 is 0.740 bits per heavy atom. The first kappa shape index (κ1) is 37.2. The van der Waals surface area contributed by atoms with Gasteiger partial charge in [-0.05, 0) is 60.4 Å². The number of benzene rings is 4. The van der Waals surface area contributed by atoms with Crippen molar-refractivity contribution in [2.45, 2.75) is 22.6 Å². The summed E-state index contributed by atoms with van der Waals surface area (Å²) >= 11 is 1.91. The number of phenolic OH excluding ortho intramolecular Hbond substituents is 1. The van der Waals surface area contributed by atoms with Crippen molar-refractivity contribution in [2.24, 2.45) is 0 Å². The molecule has 9 nitrogen and oxygen atoms in total. The summed E-state index contributed by atoms with van der Waals surface area (Å²) in [5.41, 5.74) is 7.02. The standard InChI is InChI=1S/C19H19NS.C17H16O4.C4H4O4/c1-20-12-10-14(11-13-20)19-15-6-2-4-8-17(15)21-18-9-5-3-7-16(18)19;1-20-13-10-15(19)17(16(11-13)21-2)14(18)9-8-12-6-4-3-5-7-12;5-3(6)1-2-4(7)8/h2-9H,10-13H2,1H3;3-11,19H,1-2H3;1-2H,(H,5,6)(H,7,8). The Hall–Kier alpha value is -5.58. The van der Waals surface area contributed by atoms with Gasteiger partial charge in [-0.15, -0.1) is 0 Å². The number of ketones is 1. The third-order valence-corrected chi connectivity index (χ3v) is 8.98. The van der Waals surface area contributed by atoms with Gasteiger partial charge < -0.3 is 29.7 Å². The van der Waals surface area contributed by atoms with Gasteiger partial charge in [0.15, 0.2) is 5.78 Å². The maximum Gasteiger partial charge on any atom is 0.328 e. The molecule has 1 saturated heterocycles. The van der Waals surface area contributed by atoms with Crippen molar-refractivity contribution in [2.75, 3.05) is 34.4 Å². The highest BCUT2D eigenvalue weighted by Gasteiger charge is 2.24. The third kappa shape index (κ3) is 10.2. The van der Waals surface area contributed by atoms with Gasteiger partial charge in [0.1, 0.15) is 22.8 Å². The van der Waals surface area contributed by atoms with Crippen molar-refractivity contribution < 1.29 is 39.2 Å². The summed E-state index contributed by atoms with van der Waals surface area (Å²) < 4.78 is 10.2. The molecule has 0 aromatic heterocycles. The first-order valence-corrected chi connectivity index (χ1v) is 16.6. The molecule has 0 saturated carbocycles. The van der Waals surface area contributed by atoms with Gasteiger partial charge in [-0.25, -0.2) is 9.59 Å². The minimum absolute atomic E-state index is 0.116. The molecule has 0 atom stereocenters. The highest BCUT2D eigenvalue weighted by Crippen LogP contribution is 2.47. The summed E-state index contributed by atoms with van der Waals surface area (Å²) in [7, 11) is 5.14. The lowest BCUT2D eigenvalue weighted by Gasteiger charge is -2.30. The first-order chi connectivity index (χ1) is 24.1. The highest BCUT2D eigenvalue weighted by atomic mass is 32.2. The Bertz CT molecular complexity index is 1840. The van der Waals surface area contributed by atoms with Crippen molar-refractivity contribution in [1.29, 1.82) is 0 Å². The van der Waals surface area contributed by atoms with Gasteiger partial charge in [0.05, 0.1) is 14.2 Å². The van der Waals surface area contributed by atoms with Crippen LogP contribution in [-0.2, 0) is 9.59 Å². The molecule has 0 spiro atoms. The first-order valence-electron chi connectivity index (χ1n) is 15.7. The Morgan fingerprint density at radius 3 is 1.80 bits per heavy atom. The van der Waals surface area contributed by atoms with Crippen molar-refractivity contribution in [3.8, 4) is 17.2 Å². The van der Waals surface area contributed by atoms with E-state index < -0.39 is 11.9 Å². The molecular formula is C40H39NO8S. The average molecular weight is 694 g/mol. The monoisotopic (exact) mass is 693 g/mol. The number of hydrogen-bond acceptors (Lipinski definition) is 8. The van der Waals surface area contributed by atoms with Crippen LogP contribution in [0.15, 0.2) is 125 Å². The largest absolute Gasteiger partial charge is 0.507 e. The van der Waals surface area contributed by atoms with Crippen LogP contribution in [-0.4, -0.2) is 72.3 Å². The predicted octanol–water partition coefficient (Wildman–Crippen LogP) is 7.70. The third-order valence-electron chi connectivity index (χ3n) is 7.83. The molecule has 6 rings (SSSR count). The number of aliphatic carboxylic acids is 2. The van der Waals surface area contributed by atoms with E-state index in [0.717, 1.165) is 5.56 Å². The summed E-state index contributed by atoms with van der Waals surface area (Å²) in [5, 5.41) is 25.6. The van der Waals surface area contributed by atoms with Crippen LogP contribution in [0.25, 0.3) is 11.6 Å². The number of rotatable bonds is 7. The zero-order valence-electron chi connectivity index (χ0n) is 28.0. The predicted molar refractivity (Wildman–Crippen MR) is 195 cm³/mol. The summed E-state index contributed by atoms with van der Waals surface area (Å²) in [5.74, 6) is -2.33. The molecule has 0 aliphatic carbocycles. The molecule has 0 bridgehead atoms. The van der Waals surface area contributed by atoms with Crippen LogP contribution in [0.2, 0.25) is 0 Å². The van der Waals surface area contributed by atoms with E-state index in [1.807, 2.05) is 42.1 Å². The number of ether oxygens (including phenoxy) is 2. The quantitative estimate of drug-likeness (QED) is 0.115. The molecule has 0 unspecified atom stereocenters. The molecule has 50 heavy (non-hydrogen) atoms. The van der Waals surface area contributed by atoms with E-state index in [2.05, 4.69) is 60.5 Å². The molecule has 2 heterocycles. The van der Waals surface area contributed by atoms with Crippen LogP contribution in [0, 0.1) is 0 Å². The van der Waals surface area contributed by atoms with Gasteiger partial charge >= 0.3 is 11.9 Å². The van der Waals surface area contributed by atoms with Crippen molar-refractivity contribution in [1.82, 2.24) is 4.90 Å². The molecule has 0 amide bonds. The van der Waals surface area contributed by atoms with Crippen LogP contribution in [0.4, 0.5) is 0 Å². The second-order valence-electron chi connectivity index (χ2n) is 11.2. The Morgan fingerprint density at radius 2 is 1.28 bits per heavy atom. The van der Waals surface area contributed by atoms with E-state index in [-0.39, 0.29) is 22.8 Å². The number of phenols is 1. The smallest absolute Gasteiger partial charge is 0.328 e. The number of carbonyl (C=O) groups is 3. The van der Waals surface area contributed by atoms with Crippen molar-refractivity contribution >= 4 is 41.1 Å². The number of aromatic hydroxyl groups is 1. The lowest BCUT2D eigenvalue weighted by Crippen LogP contribution is -2.27. The van der Waals surface area contributed by atoms with E-state index in [0.29, 0.717) is 17.9 Å². The van der Waals surface area contributed by atoms with Gasteiger partial charge in [-0.3, -0.25) is 4.79 Å². The second-order valence-corrected chi connectivity index (χ2v) is 12.3. The maximum absolute atomic E-state index is 12.3. The van der Waals surface area contributed by atoms with Crippen LogP contribution >= 0.6 is 11.8 Å². The fourth-order valence-corrected chi connectivity index (χ4v) is 6.46. The van der Waals surface area contributed by atoms with Gasteiger partial charge in [0.2, 0.25) is 0 Å². The van der Waals surface area contributed by atoms with E-state index in [9.17, 15) is 19.5 Å². The fraction of sp³-hybridized carbons (Fsp3) is 0.175. The van der Waals surface area contributed by atoms with E-state index >= 15 is 0 Å². The summed E-state index contributed by atoms with van der Waals surface area (Å²) in [6.07, 6.45) is 6.59. The number of methoxy groups -OCH3 is 2. The van der Waals surface area contributed by atoms with Crippen molar-refractivity contribution in [3.63, 3.8) is 0 Å². The number of hydrogen-bond donors (Lipinski definition) is 3. The Labute approximate surface area is 295 Å². The number of nitrogens with zero attached hydrogens (tertiary/aromatic N) is 1. The van der Waals surface area contributed by atoms with Crippen LogP contribution < -0.4 is 9.47 Å². The van der Waals surface area contributed by atoms with Crippen LogP contribution in [0.5, 0.6) is 17.2 Å². The molecule has 2 aliphatic rings.